The van der Waals surface area contributed by atoms with Gasteiger partial charge in [0.25, 0.3) is 0 Å². The molecule has 1 N–H and O–H groups in total. The van der Waals surface area contributed by atoms with Crippen LogP contribution in [0, 0.1) is 5.92 Å². The molecule has 0 radical (unpaired) electrons. The molecule has 2 rings (SSSR count). The number of piperidine rings is 1. The fourth-order valence-electron chi connectivity index (χ4n) is 3.43. The maximum Gasteiger partial charge on any atom is 0.401 e. The summed E-state index contributed by atoms with van der Waals surface area (Å²) in [4.78, 5) is 12.3. The monoisotopic (exact) mass is 516 g/mol. The third-order valence-electron chi connectivity index (χ3n) is 4.87. The van der Waals surface area contributed by atoms with E-state index in [1.807, 2.05) is 19.4 Å². The van der Waals surface area contributed by atoms with Crippen LogP contribution in [0.25, 0.3) is 0 Å². The Labute approximate surface area is 182 Å². The molecular formula is C18H32F3IN6. The molecule has 1 saturated heterocycles. The Morgan fingerprint density at radius 3 is 2.75 bits per heavy atom. The minimum Gasteiger partial charge on any atom is -0.357 e. The molecule has 2 heterocycles. The van der Waals surface area contributed by atoms with Crippen LogP contribution in [0.2, 0.25) is 0 Å². The van der Waals surface area contributed by atoms with Crippen LogP contribution in [0.4, 0.5) is 13.2 Å². The summed E-state index contributed by atoms with van der Waals surface area (Å²) in [7, 11) is 1.49. The number of halogens is 4. The second-order valence-electron chi connectivity index (χ2n) is 7.23. The van der Waals surface area contributed by atoms with Crippen molar-refractivity contribution in [2.75, 3.05) is 46.3 Å². The summed E-state index contributed by atoms with van der Waals surface area (Å²) in [6, 6.07) is 0.336. The van der Waals surface area contributed by atoms with Gasteiger partial charge in [-0.25, -0.2) is 4.98 Å². The number of rotatable bonds is 7. The number of aliphatic imine (C=N–C) groups is 1. The molecule has 1 aromatic rings. The number of hydrogen-bond acceptors (Lipinski definition) is 3. The van der Waals surface area contributed by atoms with Gasteiger partial charge in [-0.05, 0) is 39.3 Å². The van der Waals surface area contributed by atoms with E-state index in [9.17, 15) is 13.2 Å². The Balaban J connectivity index is 0.00000392. The molecule has 0 amide bonds. The van der Waals surface area contributed by atoms with Gasteiger partial charge in [-0.2, -0.15) is 13.2 Å². The van der Waals surface area contributed by atoms with Gasteiger partial charge in [0.05, 0.1) is 18.9 Å². The van der Waals surface area contributed by atoms with Gasteiger partial charge in [0.1, 0.15) is 0 Å². The summed E-state index contributed by atoms with van der Waals surface area (Å²) in [5, 5.41) is 3.32. The summed E-state index contributed by atoms with van der Waals surface area (Å²) < 4.78 is 39.3. The molecule has 0 spiro atoms. The zero-order valence-corrected chi connectivity index (χ0v) is 19.2. The van der Waals surface area contributed by atoms with Crippen molar-refractivity contribution in [1.82, 2.24) is 24.7 Å². The lowest BCUT2D eigenvalue weighted by molar-refractivity contribution is -0.143. The van der Waals surface area contributed by atoms with Gasteiger partial charge in [0.2, 0.25) is 0 Å². The van der Waals surface area contributed by atoms with Gasteiger partial charge in [-0.3, -0.25) is 9.89 Å². The number of aromatic nitrogens is 2. The van der Waals surface area contributed by atoms with Crippen LogP contribution < -0.4 is 5.32 Å². The number of nitrogens with one attached hydrogen (secondary N) is 1. The van der Waals surface area contributed by atoms with E-state index in [1.54, 1.807) is 6.20 Å². The highest BCUT2D eigenvalue weighted by atomic mass is 127. The Kier molecular flexibility index (Phi) is 10.6. The van der Waals surface area contributed by atoms with E-state index in [4.69, 9.17) is 0 Å². The van der Waals surface area contributed by atoms with Crippen LogP contribution >= 0.6 is 24.0 Å². The molecule has 1 aliphatic heterocycles. The van der Waals surface area contributed by atoms with Gasteiger partial charge in [-0.1, -0.05) is 6.92 Å². The second-order valence-corrected chi connectivity index (χ2v) is 7.23. The van der Waals surface area contributed by atoms with E-state index < -0.39 is 12.7 Å². The minimum absolute atomic E-state index is 0. The van der Waals surface area contributed by atoms with Crippen molar-refractivity contribution in [3.05, 3.63) is 18.7 Å². The average Bonchev–Trinajstić information content (AvgIpc) is 3.11. The van der Waals surface area contributed by atoms with Crippen molar-refractivity contribution in [3.63, 3.8) is 0 Å². The van der Waals surface area contributed by atoms with Crippen molar-refractivity contribution in [3.8, 4) is 0 Å². The zero-order chi connectivity index (χ0) is 19.9. The topological polar surface area (TPSA) is 48.7 Å². The lowest BCUT2D eigenvalue weighted by Crippen LogP contribution is -2.49. The molecule has 0 aromatic carbocycles. The molecule has 28 heavy (non-hydrogen) atoms. The number of nitrogens with zero attached hydrogens (tertiary/aromatic N) is 5. The molecular weight excluding hydrogens is 484 g/mol. The maximum atomic E-state index is 12.4. The van der Waals surface area contributed by atoms with Crippen LogP contribution in [-0.2, 0) is 0 Å². The van der Waals surface area contributed by atoms with Crippen LogP contribution in [0.1, 0.15) is 32.7 Å². The third-order valence-corrected chi connectivity index (χ3v) is 4.87. The lowest BCUT2D eigenvalue weighted by atomic mass is 9.93. The van der Waals surface area contributed by atoms with E-state index in [0.29, 0.717) is 31.5 Å². The summed E-state index contributed by atoms with van der Waals surface area (Å²) in [6.07, 6.45) is 3.14. The molecule has 2 atom stereocenters. The number of guanidine groups is 1. The standard InChI is InChI=1S/C18H31F3N6.HI/c1-4-23-17(24-7-5-9-25(3)13-18(19,20)21)26-10-6-15(2)16(12-26)27-11-8-22-14-27;/h8,11,14-16H,4-7,9-10,12-13H2,1-3H3,(H,23,24);1H. The Morgan fingerprint density at radius 1 is 1.39 bits per heavy atom. The molecule has 2 unspecified atom stereocenters. The van der Waals surface area contributed by atoms with Crippen molar-refractivity contribution in [1.29, 1.82) is 0 Å². The summed E-state index contributed by atoms with van der Waals surface area (Å²) in [5.74, 6) is 1.39. The van der Waals surface area contributed by atoms with Crippen LogP contribution in [0.3, 0.4) is 0 Å². The molecule has 0 aliphatic carbocycles. The van der Waals surface area contributed by atoms with E-state index in [-0.39, 0.29) is 24.0 Å². The summed E-state index contributed by atoms with van der Waals surface area (Å²) in [5.41, 5.74) is 0. The van der Waals surface area contributed by atoms with Gasteiger partial charge >= 0.3 is 6.18 Å². The molecule has 10 heteroatoms. The fourth-order valence-corrected chi connectivity index (χ4v) is 3.43. The first-order valence-corrected chi connectivity index (χ1v) is 9.56. The fraction of sp³-hybridized carbons (Fsp3) is 0.778. The predicted octanol–water partition coefficient (Wildman–Crippen LogP) is 3.23. The quantitative estimate of drug-likeness (QED) is 0.262. The number of imidazole rings is 1. The van der Waals surface area contributed by atoms with Crippen LogP contribution in [-0.4, -0.2) is 77.8 Å². The first-order valence-electron chi connectivity index (χ1n) is 9.56. The Bertz CT molecular complexity index is 578. The number of likely N-dealkylation sites (tertiary alicyclic amines) is 1. The third kappa shape index (κ3) is 8.14. The molecule has 162 valence electrons. The van der Waals surface area contributed by atoms with E-state index in [1.165, 1.54) is 11.9 Å². The van der Waals surface area contributed by atoms with Gasteiger partial charge in [-0.15, -0.1) is 24.0 Å². The zero-order valence-electron chi connectivity index (χ0n) is 16.8. The van der Waals surface area contributed by atoms with E-state index in [2.05, 4.69) is 31.7 Å². The van der Waals surface area contributed by atoms with Crippen LogP contribution in [0.5, 0.6) is 0 Å². The molecule has 1 aromatic heterocycles. The van der Waals surface area contributed by atoms with Crippen molar-refractivity contribution >= 4 is 29.9 Å². The van der Waals surface area contributed by atoms with E-state index in [0.717, 1.165) is 32.0 Å². The van der Waals surface area contributed by atoms with Crippen molar-refractivity contribution in [2.24, 2.45) is 10.9 Å². The normalized spacial score (nSPS) is 21.0. The maximum absolute atomic E-state index is 12.4. The summed E-state index contributed by atoms with van der Waals surface area (Å²) >= 11 is 0. The Hall–Kier alpha value is -1.04. The first kappa shape index (κ1) is 25.0. The SMILES string of the molecule is CCNC(=NCCCN(C)CC(F)(F)F)N1CCC(C)C(n2ccnc2)C1.I. The van der Waals surface area contributed by atoms with Crippen molar-refractivity contribution < 1.29 is 13.2 Å². The molecule has 6 nitrogen and oxygen atoms in total. The van der Waals surface area contributed by atoms with E-state index >= 15 is 0 Å². The predicted molar refractivity (Wildman–Crippen MR) is 116 cm³/mol. The first-order chi connectivity index (χ1) is 12.8. The molecule has 1 aliphatic rings. The van der Waals surface area contributed by atoms with Gasteiger partial charge in [0.15, 0.2) is 5.96 Å². The highest BCUT2D eigenvalue weighted by Crippen LogP contribution is 2.27. The number of alkyl halides is 3. The molecule has 1 fully saturated rings. The van der Waals surface area contributed by atoms with Gasteiger partial charge < -0.3 is 14.8 Å². The van der Waals surface area contributed by atoms with Gasteiger partial charge in [0, 0.05) is 38.6 Å². The smallest absolute Gasteiger partial charge is 0.357 e. The minimum atomic E-state index is -4.15. The van der Waals surface area contributed by atoms with Crippen molar-refractivity contribution in [2.45, 2.75) is 38.9 Å². The molecule has 0 saturated carbocycles. The molecule has 0 bridgehead atoms. The highest BCUT2D eigenvalue weighted by Gasteiger charge is 2.29. The van der Waals surface area contributed by atoms with Crippen LogP contribution in [0.15, 0.2) is 23.7 Å². The summed E-state index contributed by atoms with van der Waals surface area (Å²) in [6.45, 7) is 6.80. The number of hydrogen-bond donors (Lipinski definition) is 1. The highest BCUT2D eigenvalue weighted by molar-refractivity contribution is 14.0. The largest absolute Gasteiger partial charge is 0.401 e. The second kappa shape index (κ2) is 11.8. The Morgan fingerprint density at radius 2 is 2.14 bits per heavy atom. The lowest BCUT2D eigenvalue weighted by Gasteiger charge is -2.39. The average molecular weight is 516 g/mol.